The molecule has 0 radical (unpaired) electrons. The van der Waals surface area contributed by atoms with Gasteiger partial charge in [0, 0.05) is 37.3 Å². The molecule has 172 valence electrons. The van der Waals surface area contributed by atoms with E-state index in [1.807, 2.05) is 29.2 Å². The van der Waals surface area contributed by atoms with Crippen LogP contribution in [0.3, 0.4) is 0 Å². The average Bonchev–Trinajstić information content (AvgIpc) is 3.29. The second-order valence-electron chi connectivity index (χ2n) is 8.66. The largest absolute Gasteiger partial charge is 0.478 e. The molecule has 0 bridgehead atoms. The van der Waals surface area contributed by atoms with E-state index in [0.29, 0.717) is 37.3 Å². The first-order valence-electron chi connectivity index (χ1n) is 10.8. The Morgan fingerprint density at radius 2 is 1.47 bits per heavy atom. The maximum Gasteiger partial charge on any atom is 0.335 e. The fourth-order valence-electron chi connectivity index (χ4n) is 4.66. The van der Waals surface area contributed by atoms with Crippen molar-refractivity contribution in [3.8, 4) is 0 Å². The van der Waals surface area contributed by atoms with E-state index in [2.05, 4.69) is 0 Å². The molecule has 2 aliphatic rings. The number of carboxylic acids is 2. The van der Waals surface area contributed by atoms with E-state index < -0.39 is 18.2 Å². The van der Waals surface area contributed by atoms with Crippen LogP contribution in [0.25, 0.3) is 0 Å². The number of rotatable bonds is 6. The van der Waals surface area contributed by atoms with Crippen molar-refractivity contribution in [1.82, 2.24) is 9.80 Å². The Bertz CT molecular complexity index is 1330. The number of carbonyl (C=O) groups excluding carboxylic acids is 1. The quantitative estimate of drug-likeness (QED) is 0.519. The number of amides is 1. The topological polar surface area (TPSA) is 118 Å². The lowest BCUT2D eigenvalue weighted by atomic mass is 10.1. The number of benzene rings is 3. The third-order valence-electron chi connectivity index (χ3n) is 6.38. The Morgan fingerprint density at radius 3 is 2.18 bits per heavy atom. The molecule has 1 unspecified atom stereocenters. The Labute approximate surface area is 195 Å². The summed E-state index contributed by atoms with van der Waals surface area (Å²) in [4.78, 5) is 38.9. The van der Waals surface area contributed by atoms with Crippen molar-refractivity contribution in [1.29, 1.82) is 0 Å². The highest BCUT2D eigenvalue weighted by molar-refractivity contribution is 6.00. The molecule has 1 atom stereocenters. The van der Waals surface area contributed by atoms with Gasteiger partial charge in [0.25, 0.3) is 5.91 Å². The van der Waals surface area contributed by atoms with Crippen LogP contribution >= 0.6 is 0 Å². The van der Waals surface area contributed by atoms with E-state index >= 15 is 0 Å². The maximum atomic E-state index is 12.8. The summed E-state index contributed by atoms with van der Waals surface area (Å²) in [6.07, 6.45) is -0.893. The summed E-state index contributed by atoms with van der Waals surface area (Å²) in [6, 6.07) is 17.2. The fraction of sp³-hybridized carbons (Fsp3) is 0.192. The van der Waals surface area contributed by atoms with Crippen LogP contribution < -0.4 is 0 Å². The van der Waals surface area contributed by atoms with Gasteiger partial charge in [-0.25, -0.2) is 9.59 Å². The summed E-state index contributed by atoms with van der Waals surface area (Å²) in [5, 5.41) is 29.2. The monoisotopic (exact) mass is 458 g/mol. The lowest BCUT2D eigenvalue weighted by Crippen LogP contribution is -2.24. The van der Waals surface area contributed by atoms with Crippen LogP contribution in [0, 0.1) is 0 Å². The second kappa shape index (κ2) is 8.40. The number of carbonyl (C=O) groups is 3. The molecule has 0 fully saturated rings. The van der Waals surface area contributed by atoms with Crippen LogP contribution in [0.1, 0.15) is 65.1 Å². The molecule has 1 amide bonds. The SMILES string of the molecule is O=C(O)c1ccc2c(c1)C(=O)N(Cc1cccc(CN3Cc4ccc(C(=O)O)cc4C3O)c1)C2. The van der Waals surface area contributed by atoms with Crippen LogP contribution in [0.2, 0.25) is 0 Å². The van der Waals surface area contributed by atoms with Gasteiger partial charge in [-0.2, -0.15) is 0 Å². The molecular formula is C26H22N2O6. The summed E-state index contributed by atoms with van der Waals surface area (Å²) in [7, 11) is 0. The molecule has 3 N–H and O–H groups in total. The van der Waals surface area contributed by atoms with Gasteiger partial charge in [-0.3, -0.25) is 9.69 Å². The van der Waals surface area contributed by atoms with E-state index in [9.17, 15) is 29.7 Å². The minimum atomic E-state index is -1.06. The minimum Gasteiger partial charge on any atom is -0.478 e. The summed E-state index contributed by atoms with van der Waals surface area (Å²) in [5.74, 6) is -2.28. The number of fused-ring (bicyclic) bond motifs is 2. The van der Waals surface area contributed by atoms with Crippen molar-refractivity contribution in [3.63, 3.8) is 0 Å². The molecule has 0 aliphatic carbocycles. The number of aliphatic hydroxyl groups excluding tert-OH is 1. The van der Waals surface area contributed by atoms with E-state index in [0.717, 1.165) is 22.3 Å². The van der Waals surface area contributed by atoms with Crippen molar-refractivity contribution in [2.75, 3.05) is 0 Å². The highest BCUT2D eigenvalue weighted by Crippen LogP contribution is 2.34. The number of carboxylic acid groups (broad SMARTS) is 2. The van der Waals surface area contributed by atoms with Gasteiger partial charge in [-0.15, -0.1) is 0 Å². The van der Waals surface area contributed by atoms with E-state index in [1.54, 1.807) is 23.1 Å². The van der Waals surface area contributed by atoms with E-state index in [1.165, 1.54) is 18.2 Å². The van der Waals surface area contributed by atoms with Gasteiger partial charge < -0.3 is 20.2 Å². The molecule has 2 aliphatic heterocycles. The molecule has 5 rings (SSSR count). The van der Waals surface area contributed by atoms with Crippen LogP contribution in [-0.4, -0.2) is 43.0 Å². The van der Waals surface area contributed by atoms with E-state index in [-0.39, 0.29) is 17.0 Å². The molecular weight excluding hydrogens is 436 g/mol. The summed E-state index contributed by atoms with van der Waals surface area (Å²) in [6.45, 7) is 1.77. The van der Waals surface area contributed by atoms with Crippen molar-refractivity contribution in [3.05, 3.63) is 105 Å². The second-order valence-corrected chi connectivity index (χ2v) is 8.66. The number of hydrogen-bond acceptors (Lipinski definition) is 5. The molecule has 8 nitrogen and oxygen atoms in total. The first kappa shape index (κ1) is 21.8. The highest BCUT2D eigenvalue weighted by atomic mass is 16.4. The highest BCUT2D eigenvalue weighted by Gasteiger charge is 2.30. The Hall–Kier alpha value is -4.01. The fourth-order valence-corrected chi connectivity index (χ4v) is 4.66. The van der Waals surface area contributed by atoms with Gasteiger partial charge in [0.1, 0.15) is 6.23 Å². The van der Waals surface area contributed by atoms with Gasteiger partial charge in [-0.1, -0.05) is 36.4 Å². The summed E-state index contributed by atoms with van der Waals surface area (Å²) < 4.78 is 0. The first-order chi connectivity index (χ1) is 16.3. The van der Waals surface area contributed by atoms with Gasteiger partial charge >= 0.3 is 11.9 Å². The van der Waals surface area contributed by atoms with Crippen LogP contribution in [0.5, 0.6) is 0 Å². The van der Waals surface area contributed by atoms with Crippen LogP contribution in [0.15, 0.2) is 60.7 Å². The van der Waals surface area contributed by atoms with Crippen molar-refractivity contribution >= 4 is 17.8 Å². The smallest absolute Gasteiger partial charge is 0.335 e. The summed E-state index contributed by atoms with van der Waals surface area (Å²) >= 11 is 0. The summed E-state index contributed by atoms with van der Waals surface area (Å²) in [5.41, 5.74) is 4.87. The van der Waals surface area contributed by atoms with Gasteiger partial charge in [0.2, 0.25) is 0 Å². The van der Waals surface area contributed by atoms with Gasteiger partial charge in [-0.05, 0) is 46.5 Å². The van der Waals surface area contributed by atoms with E-state index in [4.69, 9.17) is 0 Å². The zero-order valence-corrected chi connectivity index (χ0v) is 18.1. The number of hydrogen-bond donors (Lipinski definition) is 3. The lowest BCUT2D eigenvalue weighted by molar-refractivity contribution is 0.00764. The molecule has 0 spiro atoms. The lowest BCUT2D eigenvalue weighted by Gasteiger charge is -2.21. The van der Waals surface area contributed by atoms with Crippen molar-refractivity contribution < 1.29 is 29.7 Å². The molecule has 34 heavy (non-hydrogen) atoms. The number of aromatic carboxylic acids is 2. The van der Waals surface area contributed by atoms with Gasteiger partial charge in [0.15, 0.2) is 0 Å². The minimum absolute atomic E-state index is 0.0941. The number of aliphatic hydroxyl groups is 1. The first-order valence-corrected chi connectivity index (χ1v) is 10.8. The molecule has 8 heteroatoms. The molecule has 0 saturated carbocycles. The molecule has 2 heterocycles. The molecule has 0 aromatic heterocycles. The van der Waals surface area contributed by atoms with Crippen molar-refractivity contribution in [2.24, 2.45) is 0 Å². The third kappa shape index (κ3) is 3.93. The predicted molar refractivity (Wildman–Crippen MR) is 121 cm³/mol. The maximum absolute atomic E-state index is 12.8. The third-order valence-corrected chi connectivity index (χ3v) is 6.38. The Balaban J connectivity index is 1.29. The van der Waals surface area contributed by atoms with Crippen molar-refractivity contribution in [2.45, 2.75) is 32.4 Å². The van der Waals surface area contributed by atoms with Crippen LogP contribution in [-0.2, 0) is 26.2 Å². The Kier molecular flexibility index (Phi) is 5.39. The standard InChI is InChI=1S/C26H22N2O6/c29-23-21-9-17(25(31)32)4-6-19(21)13-27(23)11-15-2-1-3-16(8-15)12-28-14-20-7-5-18(26(33)34)10-22(20)24(28)30/h1-10,23,29H,11-14H2,(H,31,32)(H,33,34). The van der Waals surface area contributed by atoms with Gasteiger partial charge in [0.05, 0.1) is 11.1 Å². The molecule has 3 aromatic rings. The number of nitrogens with zero attached hydrogens (tertiary/aromatic N) is 2. The Morgan fingerprint density at radius 1 is 0.824 bits per heavy atom. The predicted octanol–water partition coefficient (Wildman–Crippen LogP) is 3.25. The zero-order chi connectivity index (χ0) is 24.0. The van der Waals surface area contributed by atoms with Crippen LogP contribution in [0.4, 0.5) is 0 Å². The zero-order valence-electron chi connectivity index (χ0n) is 18.1. The molecule has 0 saturated heterocycles. The molecule has 3 aromatic carbocycles. The normalized spacial score (nSPS) is 17.0. The average molecular weight is 458 g/mol.